The van der Waals surface area contributed by atoms with E-state index in [2.05, 4.69) is 44.2 Å². The molecule has 0 atom stereocenters. The Balaban J connectivity index is 2.32. The second kappa shape index (κ2) is 6.20. The molecule has 0 radical (unpaired) electrons. The van der Waals surface area contributed by atoms with Gasteiger partial charge in [0, 0.05) is 19.2 Å². The van der Waals surface area contributed by atoms with Crippen LogP contribution in [0.4, 0.5) is 0 Å². The SMILES string of the molecule is CCCCCCc1scc(Br)c1Br. The Bertz CT molecular complexity index is 255. The van der Waals surface area contributed by atoms with Gasteiger partial charge >= 0.3 is 0 Å². The van der Waals surface area contributed by atoms with E-state index in [0.29, 0.717) is 0 Å². The van der Waals surface area contributed by atoms with E-state index in [1.807, 2.05) is 11.3 Å². The van der Waals surface area contributed by atoms with E-state index in [9.17, 15) is 0 Å². The molecule has 0 aliphatic heterocycles. The molecule has 0 unspecified atom stereocenters. The summed E-state index contributed by atoms with van der Waals surface area (Å²) in [5, 5.41) is 2.15. The highest BCUT2D eigenvalue weighted by Crippen LogP contribution is 2.33. The van der Waals surface area contributed by atoms with Crippen molar-refractivity contribution >= 4 is 43.2 Å². The van der Waals surface area contributed by atoms with Crippen molar-refractivity contribution in [1.29, 1.82) is 0 Å². The van der Waals surface area contributed by atoms with Crippen molar-refractivity contribution in [1.82, 2.24) is 0 Å². The lowest BCUT2D eigenvalue weighted by atomic mass is 10.1. The lowest BCUT2D eigenvalue weighted by molar-refractivity contribution is 0.669. The number of hydrogen-bond donors (Lipinski definition) is 0. The first kappa shape index (κ1) is 11.7. The Morgan fingerprint density at radius 2 is 2.00 bits per heavy atom. The molecule has 13 heavy (non-hydrogen) atoms. The van der Waals surface area contributed by atoms with Crippen molar-refractivity contribution in [2.45, 2.75) is 39.0 Å². The van der Waals surface area contributed by atoms with Gasteiger partial charge in [0.05, 0.1) is 0 Å². The summed E-state index contributed by atoms with van der Waals surface area (Å²) in [6.45, 7) is 2.25. The summed E-state index contributed by atoms with van der Waals surface area (Å²) in [7, 11) is 0. The van der Waals surface area contributed by atoms with E-state index in [-0.39, 0.29) is 0 Å². The van der Waals surface area contributed by atoms with Gasteiger partial charge in [0.1, 0.15) is 0 Å². The average Bonchev–Trinajstić information content (AvgIpc) is 2.43. The third-order valence-corrected chi connectivity index (χ3v) is 5.69. The van der Waals surface area contributed by atoms with Crippen LogP contribution in [-0.4, -0.2) is 0 Å². The predicted octanol–water partition coefficient (Wildman–Crippen LogP) is 5.40. The molecule has 3 heteroatoms. The van der Waals surface area contributed by atoms with Gasteiger partial charge in [-0.1, -0.05) is 26.2 Å². The van der Waals surface area contributed by atoms with Crippen LogP contribution < -0.4 is 0 Å². The summed E-state index contributed by atoms with van der Waals surface area (Å²) >= 11 is 8.93. The molecule has 1 rings (SSSR count). The molecule has 1 aromatic rings. The maximum absolute atomic E-state index is 3.58. The molecule has 0 bridgehead atoms. The summed E-state index contributed by atoms with van der Waals surface area (Å²) in [5.41, 5.74) is 0. The van der Waals surface area contributed by atoms with Crippen LogP contribution in [-0.2, 0) is 6.42 Å². The summed E-state index contributed by atoms with van der Waals surface area (Å²) in [6, 6.07) is 0. The van der Waals surface area contributed by atoms with Crippen molar-refractivity contribution in [2.24, 2.45) is 0 Å². The Kier molecular flexibility index (Phi) is 5.60. The lowest BCUT2D eigenvalue weighted by Crippen LogP contribution is -1.82. The van der Waals surface area contributed by atoms with Crippen LogP contribution in [0.5, 0.6) is 0 Å². The minimum absolute atomic E-state index is 1.20. The van der Waals surface area contributed by atoms with Gasteiger partial charge in [0.2, 0.25) is 0 Å². The van der Waals surface area contributed by atoms with Crippen molar-refractivity contribution in [2.75, 3.05) is 0 Å². The molecule has 1 aromatic heterocycles. The summed E-state index contributed by atoms with van der Waals surface area (Å²) in [6.07, 6.45) is 6.58. The zero-order valence-corrected chi connectivity index (χ0v) is 11.8. The molecule has 74 valence electrons. The fraction of sp³-hybridized carbons (Fsp3) is 0.600. The molecular formula is C10H14Br2S. The van der Waals surface area contributed by atoms with E-state index in [4.69, 9.17) is 0 Å². The fourth-order valence-electron chi connectivity index (χ4n) is 1.24. The van der Waals surface area contributed by atoms with E-state index in [1.165, 1.54) is 45.9 Å². The zero-order valence-electron chi connectivity index (χ0n) is 7.78. The van der Waals surface area contributed by atoms with Crippen LogP contribution >= 0.6 is 43.2 Å². The lowest BCUT2D eigenvalue weighted by Gasteiger charge is -1.98. The van der Waals surface area contributed by atoms with Crippen molar-refractivity contribution in [3.8, 4) is 0 Å². The highest BCUT2D eigenvalue weighted by atomic mass is 79.9. The molecular weight excluding hydrogens is 312 g/mol. The molecule has 0 aliphatic carbocycles. The minimum Gasteiger partial charge on any atom is -0.146 e. The van der Waals surface area contributed by atoms with Gasteiger partial charge in [0.15, 0.2) is 0 Å². The number of thiophene rings is 1. The number of unbranched alkanes of at least 4 members (excludes halogenated alkanes) is 3. The summed E-state index contributed by atoms with van der Waals surface area (Å²) < 4.78 is 2.46. The smallest absolute Gasteiger partial charge is 0.0456 e. The maximum atomic E-state index is 3.58. The highest BCUT2D eigenvalue weighted by Gasteiger charge is 2.05. The van der Waals surface area contributed by atoms with Gasteiger partial charge in [-0.3, -0.25) is 0 Å². The van der Waals surface area contributed by atoms with Crippen molar-refractivity contribution < 1.29 is 0 Å². The molecule has 0 saturated carbocycles. The fourth-order valence-corrected chi connectivity index (χ4v) is 3.48. The monoisotopic (exact) mass is 324 g/mol. The van der Waals surface area contributed by atoms with Crippen molar-refractivity contribution in [3.63, 3.8) is 0 Å². The third kappa shape index (κ3) is 3.72. The standard InChI is InChI=1S/C10H14Br2S/c1-2-3-4-5-6-9-10(12)8(11)7-13-9/h7H,2-6H2,1H3. The first-order valence-electron chi connectivity index (χ1n) is 4.67. The topological polar surface area (TPSA) is 0 Å². The van der Waals surface area contributed by atoms with E-state index in [1.54, 1.807) is 0 Å². The van der Waals surface area contributed by atoms with E-state index in [0.717, 1.165) is 0 Å². The Morgan fingerprint density at radius 3 is 2.54 bits per heavy atom. The van der Waals surface area contributed by atoms with Gasteiger partial charge in [-0.05, 0) is 44.7 Å². The minimum atomic E-state index is 1.20. The van der Waals surface area contributed by atoms with E-state index >= 15 is 0 Å². The summed E-state index contributed by atoms with van der Waals surface area (Å²) in [4.78, 5) is 1.47. The average molecular weight is 326 g/mol. The molecule has 0 fully saturated rings. The van der Waals surface area contributed by atoms with Crippen LogP contribution in [0.2, 0.25) is 0 Å². The van der Waals surface area contributed by atoms with Crippen LogP contribution in [0.3, 0.4) is 0 Å². The van der Waals surface area contributed by atoms with Gasteiger partial charge in [-0.2, -0.15) is 0 Å². The zero-order chi connectivity index (χ0) is 9.68. The van der Waals surface area contributed by atoms with Crippen LogP contribution in [0.1, 0.15) is 37.5 Å². The Morgan fingerprint density at radius 1 is 1.23 bits per heavy atom. The molecule has 0 N–H and O–H groups in total. The van der Waals surface area contributed by atoms with Crippen LogP contribution in [0.25, 0.3) is 0 Å². The number of aryl methyl sites for hydroxylation is 1. The number of rotatable bonds is 5. The highest BCUT2D eigenvalue weighted by molar-refractivity contribution is 9.13. The first-order valence-corrected chi connectivity index (χ1v) is 7.13. The van der Waals surface area contributed by atoms with Gasteiger partial charge in [-0.15, -0.1) is 11.3 Å². The van der Waals surface area contributed by atoms with E-state index < -0.39 is 0 Å². The predicted molar refractivity (Wildman–Crippen MR) is 67.6 cm³/mol. The second-order valence-electron chi connectivity index (χ2n) is 3.13. The first-order chi connectivity index (χ1) is 6.25. The Hall–Kier alpha value is 0.660. The summed E-state index contributed by atoms with van der Waals surface area (Å²) in [5.74, 6) is 0. The normalized spacial score (nSPS) is 10.7. The van der Waals surface area contributed by atoms with Gasteiger partial charge in [0.25, 0.3) is 0 Å². The molecule has 0 amide bonds. The van der Waals surface area contributed by atoms with Crippen LogP contribution in [0.15, 0.2) is 14.3 Å². The van der Waals surface area contributed by atoms with Crippen LogP contribution in [0, 0.1) is 0 Å². The molecule has 0 spiro atoms. The van der Waals surface area contributed by atoms with Gasteiger partial charge in [-0.25, -0.2) is 0 Å². The largest absolute Gasteiger partial charge is 0.146 e. The molecule has 0 saturated heterocycles. The number of halogens is 2. The third-order valence-electron chi connectivity index (χ3n) is 2.02. The molecule has 0 nitrogen and oxygen atoms in total. The maximum Gasteiger partial charge on any atom is 0.0456 e. The molecule has 0 aliphatic rings. The molecule has 0 aromatic carbocycles. The van der Waals surface area contributed by atoms with Gasteiger partial charge < -0.3 is 0 Å². The van der Waals surface area contributed by atoms with Crippen molar-refractivity contribution in [3.05, 3.63) is 19.2 Å². The second-order valence-corrected chi connectivity index (χ2v) is 5.74. The molecule has 1 heterocycles. The Labute approximate surface area is 101 Å². The number of hydrogen-bond acceptors (Lipinski definition) is 1. The quantitative estimate of drug-likeness (QED) is 0.636.